The van der Waals surface area contributed by atoms with Crippen molar-refractivity contribution < 1.29 is 4.74 Å². The zero-order valence-corrected chi connectivity index (χ0v) is 14.8. The van der Waals surface area contributed by atoms with E-state index in [9.17, 15) is 0 Å². The van der Waals surface area contributed by atoms with Crippen molar-refractivity contribution in [3.8, 4) is 0 Å². The van der Waals surface area contributed by atoms with E-state index in [1.165, 1.54) is 96.3 Å². The first-order chi connectivity index (χ1) is 10.4. The minimum absolute atomic E-state index is 0.832. The summed E-state index contributed by atoms with van der Waals surface area (Å²) in [5.41, 5.74) is 0. The molecule has 0 saturated heterocycles. The molecule has 0 unspecified atom stereocenters. The Bertz CT molecular complexity index is 149. The lowest BCUT2D eigenvalue weighted by molar-refractivity contribution is 0.134. The van der Waals surface area contributed by atoms with Crippen molar-refractivity contribution in [1.82, 2.24) is 0 Å². The van der Waals surface area contributed by atoms with Gasteiger partial charge < -0.3 is 4.74 Å². The van der Waals surface area contributed by atoms with E-state index >= 15 is 0 Å². The third-order valence-corrected chi connectivity index (χ3v) is 4.18. The lowest BCUT2D eigenvalue weighted by atomic mass is 10.0. The van der Waals surface area contributed by atoms with Gasteiger partial charge in [0.15, 0.2) is 0 Å². The van der Waals surface area contributed by atoms with Crippen LogP contribution in [0.15, 0.2) is 0 Å². The summed E-state index contributed by atoms with van der Waals surface area (Å²) in [6.07, 6.45) is 22.2. The van der Waals surface area contributed by atoms with E-state index < -0.39 is 0 Å². The van der Waals surface area contributed by atoms with Crippen molar-refractivity contribution in [2.75, 3.05) is 13.2 Å². The van der Waals surface area contributed by atoms with Gasteiger partial charge in [-0.2, -0.15) is 0 Å². The quantitative estimate of drug-likeness (QED) is 0.245. The summed E-state index contributed by atoms with van der Waals surface area (Å²) in [7, 11) is 0. The molecule has 0 aliphatic heterocycles. The van der Waals surface area contributed by atoms with Crippen LogP contribution < -0.4 is 0 Å². The largest absolute Gasteiger partial charge is 0.381 e. The summed E-state index contributed by atoms with van der Waals surface area (Å²) in [4.78, 5) is 0. The standard InChI is InChI=1S/C20H41O/c1-3-5-6-7-8-9-10-11-12-13-14-15-16-17-18-20-21-19-4-2/h2-20H2,1H3. The zero-order chi connectivity index (χ0) is 15.4. The summed E-state index contributed by atoms with van der Waals surface area (Å²) in [6, 6.07) is 0. The van der Waals surface area contributed by atoms with Gasteiger partial charge in [-0.25, -0.2) is 0 Å². The molecule has 0 aliphatic carbocycles. The van der Waals surface area contributed by atoms with Crippen LogP contribution in [-0.2, 0) is 4.74 Å². The molecule has 0 rings (SSSR count). The lowest BCUT2D eigenvalue weighted by Crippen LogP contribution is -1.95. The fourth-order valence-electron chi connectivity index (χ4n) is 2.78. The van der Waals surface area contributed by atoms with Crippen LogP contribution >= 0.6 is 0 Å². The Morgan fingerprint density at radius 3 is 1.29 bits per heavy atom. The molecule has 0 aromatic carbocycles. The van der Waals surface area contributed by atoms with Crippen LogP contribution in [0, 0.1) is 6.92 Å². The predicted octanol–water partition coefficient (Wildman–Crippen LogP) is 7.10. The summed E-state index contributed by atoms with van der Waals surface area (Å²) >= 11 is 0. The Labute approximate surface area is 135 Å². The monoisotopic (exact) mass is 297 g/mol. The van der Waals surface area contributed by atoms with E-state index in [0.29, 0.717) is 0 Å². The first-order valence-corrected chi connectivity index (χ1v) is 9.78. The highest BCUT2D eigenvalue weighted by atomic mass is 16.5. The Morgan fingerprint density at radius 2 is 0.905 bits per heavy atom. The molecule has 0 aliphatic rings. The highest BCUT2D eigenvalue weighted by molar-refractivity contribution is 4.49. The fourth-order valence-corrected chi connectivity index (χ4v) is 2.78. The summed E-state index contributed by atoms with van der Waals surface area (Å²) in [5, 5.41) is 0. The van der Waals surface area contributed by atoms with E-state index in [0.717, 1.165) is 19.6 Å². The second-order valence-electron chi connectivity index (χ2n) is 6.42. The smallest absolute Gasteiger partial charge is 0.0466 e. The van der Waals surface area contributed by atoms with Crippen molar-refractivity contribution in [3.05, 3.63) is 6.92 Å². The average Bonchev–Trinajstić information content (AvgIpc) is 2.50. The summed E-state index contributed by atoms with van der Waals surface area (Å²) in [6.45, 7) is 7.83. The molecule has 0 heterocycles. The van der Waals surface area contributed by atoms with Crippen LogP contribution in [0.2, 0.25) is 0 Å². The minimum atomic E-state index is 0.832. The molecule has 0 fully saturated rings. The molecular formula is C20H41O. The molecule has 127 valence electrons. The second-order valence-corrected chi connectivity index (χ2v) is 6.42. The van der Waals surface area contributed by atoms with E-state index in [4.69, 9.17) is 4.74 Å². The number of hydrogen-bond donors (Lipinski definition) is 0. The molecule has 0 spiro atoms. The van der Waals surface area contributed by atoms with Crippen molar-refractivity contribution in [1.29, 1.82) is 0 Å². The van der Waals surface area contributed by atoms with Gasteiger partial charge in [-0.1, -0.05) is 104 Å². The first-order valence-electron chi connectivity index (χ1n) is 9.78. The van der Waals surface area contributed by atoms with Gasteiger partial charge in [0.2, 0.25) is 0 Å². The molecule has 1 heteroatoms. The van der Waals surface area contributed by atoms with Crippen molar-refractivity contribution in [2.24, 2.45) is 0 Å². The van der Waals surface area contributed by atoms with Crippen LogP contribution in [0.3, 0.4) is 0 Å². The lowest BCUT2D eigenvalue weighted by Gasteiger charge is -2.04. The number of unbranched alkanes of at least 4 members (excludes halogenated alkanes) is 14. The Kier molecular flexibility index (Phi) is 19.9. The second kappa shape index (κ2) is 20.0. The van der Waals surface area contributed by atoms with Gasteiger partial charge in [-0.05, 0) is 12.8 Å². The van der Waals surface area contributed by atoms with Gasteiger partial charge in [0.1, 0.15) is 0 Å². The normalized spacial score (nSPS) is 11.1. The molecule has 0 atom stereocenters. The maximum atomic E-state index is 5.43. The molecule has 0 bridgehead atoms. The molecule has 21 heavy (non-hydrogen) atoms. The maximum absolute atomic E-state index is 5.43. The number of hydrogen-bond acceptors (Lipinski definition) is 1. The van der Waals surface area contributed by atoms with Gasteiger partial charge in [0.05, 0.1) is 0 Å². The SMILES string of the molecule is [CH2]CCOCCCCCCCCCCCCCCCCC. The number of ether oxygens (including phenoxy) is 1. The summed E-state index contributed by atoms with van der Waals surface area (Å²) < 4.78 is 5.43. The highest BCUT2D eigenvalue weighted by Gasteiger charge is 1.94. The van der Waals surface area contributed by atoms with Crippen LogP contribution in [0.25, 0.3) is 0 Å². The van der Waals surface area contributed by atoms with Crippen LogP contribution in [-0.4, -0.2) is 13.2 Å². The molecular weight excluding hydrogens is 256 g/mol. The Balaban J connectivity index is 2.90. The maximum Gasteiger partial charge on any atom is 0.0466 e. The Morgan fingerprint density at radius 1 is 0.524 bits per heavy atom. The van der Waals surface area contributed by atoms with Gasteiger partial charge in [-0.3, -0.25) is 0 Å². The predicted molar refractivity (Wildman–Crippen MR) is 95.7 cm³/mol. The van der Waals surface area contributed by atoms with Gasteiger partial charge in [0, 0.05) is 13.2 Å². The van der Waals surface area contributed by atoms with Crippen molar-refractivity contribution in [2.45, 2.75) is 110 Å². The van der Waals surface area contributed by atoms with Gasteiger partial charge in [0.25, 0.3) is 0 Å². The van der Waals surface area contributed by atoms with Crippen LogP contribution in [0.5, 0.6) is 0 Å². The van der Waals surface area contributed by atoms with E-state index in [2.05, 4.69) is 13.8 Å². The van der Waals surface area contributed by atoms with Gasteiger partial charge in [-0.15, -0.1) is 0 Å². The average molecular weight is 298 g/mol. The van der Waals surface area contributed by atoms with Crippen LogP contribution in [0.1, 0.15) is 110 Å². The molecule has 1 nitrogen and oxygen atoms in total. The fraction of sp³-hybridized carbons (Fsp3) is 0.950. The van der Waals surface area contributed by atoms with E-state index in [1.807, 2.05) is 0 Å². The third-order valence-electron chi connectivity index (χ3n) is 4.18. The molecule has 0 aromatic heterocycles. The van der Waals surface area contributed by atoms with Crippen LogP contribution in [0.4, 0.5) is 0 Å². The van der Waals surface area contributed by atoms with E-state index in [-0.39, 0.29) is 0 Å². The number of rotatable bonds is 18. The topological polar surface area (TPSA) is 9.23 Å². The molecule has 0 aromatic rings. The zero-order valence-electron chi connectivity index (χ0n) is 14.8. The molecule has 0 N–H and O–H groups in total. The molecule has 1 radical (unpaired) electrons. The third kappa shape index (κ3) is 20.0. The first kappa shape index (κ1) is 21.0. The molecule has 0 amide bonds. The van der Waals surface area contributed by atoms with E-state index in [1.54, 1.807) is 0 Å². The highest BCUT2D eigenvalue weighted by Crippen LogP contribution is 2.13. The minimum Gasteiger partial charge on any atom is -0.381 e. The Hall–Kier alpha value is -0.0400. The molecule has 0 saturated carbocycles. The van der Waals surface area contributed by atoms with Crippen molar-refractivity contribution >= 4 is 0 Å². The van der Waals surface area contributed by atoms with Crippen molar-refractivity contribution in [3.63, 3.8) is 0 Å². The van der Waals surface area contributed by atoms with Gasteiger partial charge >= 0.3 is 0 Å². The summed E-state index contributed by atoms with van der Waals surface area (Å²) in [5.74, 6) is 0.